The molecule has 0 saturated heterocycles. The number of rotatable bonds is 9. The first-order chi connectivity index (χ1) is 17.4. The number of anilines is 1. The molecule has 0 aliphatic carbocycles. The number of aryl methyl sites for hydroxylation is 1. The number of benzene rings is 3. The van der Waals surface area contributed by atoms with Crippen molar-refractivity contribution in [1.82, 2.24) is 9.78 Å². The quantitative estimate of drug-likeness (QED) is 0.270. The van der Waals surface area contributed by atoms with E-state index in [4.69, 9.17) is 14.2 Å². The molecular weight excluding hydrogens is 522 g/mol. The van der Waals surface area contributed by atoms with Gasteiger partial charge in [0.15, 0.2) is 11.5 Å². The third kappa shape index (κ3) is 5.71. The Morgan fingerprint density at radius 2 is 1.69 bits per heavy atom. The molecule has 8 heteroatoms. The van der Waals surface area contributed by atoms with Crippen LogP contribution in [-0.2, 0) is 13.2 Å². The molecule has 0 aliphatic heterocycles. The van der Waals surface area contributed by atoms with E-state index in [0.717, 1.165) is 32.7 Å². The maximum absolute atomic E-state index is 13.1. The summed E-state index contributed by atoms with van der Waals surface area (Å²) in [5, 5.41) is 7.68. The van der Waals surface area contributed by atoms with E-state index in [1.165, 1.54) is 0 Å². The van der Waals surface area contributed by atoms with Crippen LogP contribution < -0.4 is 19.5 Å². The molecule has 0 spiro atoms. The van der Waals surface area contributed by atoms with Gasteiger partial charge < -0.3 is 19.5 Å². The Labute approximate surface area is 219 Å². The zero-order valence-corrected chi connectivity index (χ0v) is 22.3. The van der Waals surface area contributed by atoms with Crippen molar-refractivity contribution in [2.24, 2.45) is 0 Å². The second kappa shape index (κ2) is 11.3. The minimum absolute atomic E-state index is 0.199. The summed E-state index contributed by atoms with van der Waals surface area (Å²) in [6.07, 6.45) is 0. The molecule has 1 aromatic heterocycles. The van der Waals surface area contributed by atoms with Crippen molar-refractivity contribution in [1.29, 1.82) is 0 Å². The largest absolute Gasteiger partial charge is 0.493 e. The highest BCUT2D eigenvalue weighted by Gasteiger charge is 2.16. The number of para-hydroxylation sites is 1. The van der Waals surface area contributed by atoms with E-state index in [2.05, 4.69) is 26.3 Å². The van der Waals surface area contributed by atoms with Crippen molar-refractivity contribution >= 4 is 27.5 Å². The van der Waals surface area contributed by atoms with Gasteiger partial charge in [-0.25, -0.2) is 0 Å². The van der Waals surface area contributed by atoms with Crippen molar-refractivity contribution in [2.75, 3.05) is 19.5 Å². The summed E-state index contributed by atoms with van der Waals surface area (Å²) in [5.74, 6) is 1.88. The topological polar surface area (TPSA) is 74.6 Å². The molecular formula is C28H28BrN3O4. The van der Waals surface area contributed by atoms with Gasteiger partial charge in [-0.15, -0.1) is 0 Å². The van der Waals surface area contributed by atoms with Gasteiger partial charge in [0.05, 0.1) is 42.3 Å². The molecule has 186 valence electrons. The van der Waals surface area contributed by atoms with Crippen LogP contribution >= 0.6 is 15.9 Å². The Morgan fingerprint density at radius 3 is 2.44 bits per heavy atom. The van der Waals surface area contributed by atoms with E-state index in [-0.39, 0.29) is 5.91 Å². The van der Waals surface area contributed by atoms with Crippen molar-refractivity contribution in [3.8, 4) is 17.2 Å². The molecule has 1 amide bonds. The van der Waals surface area contributed by atoms with Crippen LogP contribution in [0.4, 0.5) is 5.69 Å². The lowest BCUT2D eigenvalue weighted by molar-refractivity contribution is 0.102. The predicted molar refractivity (Wildman–Crippen MR) is 143 cm³/mol. The van der Waals surface area contributed by atoms with E-state index in [9.17, 15) is 4.79 Å². The van der Waals surface area contributed by atoms with Crippen LogP contribution in [0.15, 0.2) is 71.2 Å². The number of ether oxygens (including phenoxy) is 3. The number of aromatic nitrogens is 2. The van der Waals surface area contributed by atoms with Crippen LogP contribution in [0.5, 0.6) is 17.2 Å². The molecule has 0 aliphatic rings. The molecule has 0 unspecified atom stereocenters. The summed E-state index contributed by atoms with van der Waals surface area (Å²) in [7, 11) is 3.22. The Balaban J connectivity index is 1.47. The number of hydrogen-bond acceptors (Lipinski definition) is 5. The standard InChI is InChI=1S/C28H28BrN3O4/c1-18-27(19(2)32(31-18)16-20-12-13-25(34-3)26(15-20)35-4)30-28(33)22-9-7-8-21(14-22)17-36-24-11-6-5-10-23(24)29/h5-15H,16-17H2,1-4H3,(H,30,33). The number of nitrogens with zero attached hydrogens (tertiary/aromatic N) is 2. The third-order valence-corrected chi connectivity index (χ3v) is 6.48. The zero-order valence-electron chi connectivity index (χ0n) is 20.7. The van der Waals surface area contributed by atoms with Gasteiger partial charge in [-0.2, -0.15) is 5.10 Å². The highest BCUT2D eigenvalue weighted by atomic mass is 79.9. The van der Waals surface area contributed by atoms with Crippen LogP contribution in [0.1, 0.15) is 32.9 Å². The fourth-order valence-electron chi connectivity index (χ4n) is 3.89. The summed E-state index contributed by atoms with van der Waals surface area (Å²) in [6.45, 7) is 4.71. The summed E-state index contributed by atoms with van der Waals surface area (Å²) >= 11 is 3.49. The maximum Gasteiger partial charge on any atom is 0.255 e. The fraction of sp³-hybridized carbons (Fsp3) is 0.214. The average molecular weight is 550 g/mol. The molecule has 0 fully saturated rings. The summed E-state index contributed by atoms with van der Waals surface area (Å²) < 4.78 is 19.4. The lowest BCUT2D eigenvalue weighted by atomic mass is 10.1. The normalized spacial score (nSPS) is 10.7. The van der Waals surface area contributed by atoms with E-state index in [1.54, 1.807) is 20.3 Å². The summed E-state index contributed by atoms with van der Waals surface area (Å²) in [6, 6.07) is 20.9. The molecule has 1 N–H and O–H groups in total. The number of hydrogen-bond donors (Lipinski definition) is 1. The van der Waals surface area contributed by atoms with Gasteiger partial charge in [-0.05, 0) is 77.3 Å². The van der Waals surface area contributed by atoms with E-state index in [0.29, 0.717) is 35.9 Å². The molecule has 0 atom stereocenters. The number of nitrogens with one attached hydrogen (secondary N) is 1. The van der Waals surface area contributed by atoms with Gasteiger partial charge in [0.1, 0.15) is 12.4 Å². The van der Waals surface area contributed by atoms with Crippen molar-refractivity contribution in [2.45, 2.75) is 27.0 Å². The molecule has 7 nitrogen and oxygen atoms in total. The lowest BCUT2D eigenvalue weighted by Crippen LogP contribution is -2.14. The minimum Gasteiger partial charge on any atom is -0.493 e. The Morgan fingerprint density at radius 1 is 0.917 bits per heavy atom. The van der Waals surface area contributed by atoms with Gasteiger partial charge >= 0.3 is 0 Å². The Hall–Kier alpha value is -3.78. The minimum atomic E-state index is -0.199. The van der Waals surface area contributed by atoms with Gasteiger partial charge in [0, 0.05) is 5.56 Å². The zero-order chi connectivity index (χ0) is 25.7. The lowest BCUT2D eigenvalue weighted by Gasteiger charge is -2.11. The molecule has 0 radical (unpaired) electrons. The second-order valence-electron chi connectivity index (χ2n) is 8.27. The molecule has 36 heavy (non-hydrogen) atoms. The number of carbonyl (C=O) groups excluding carboxylic acids is 1. The van der Waals surface area contributed by atoms with E-state index in [1.807, 2.05) is 79.2 Å². The van der Waals surface area contributed by atoms with Crippen LogP contribution in [0, 0.1) is 13.8 Å². The van der Waals surface area contributed by atoms with Gasteiger partial charge in [0.25, 0.3) is 5.91 Å². The molecule has 0 bridgehead atoms. The highest BCUT2D eigenvalue weighted by molar-refractivity contribution is 9.10. The van der Waals surface area contributed by atoms with Crippen molar-refractivity contribution in [3.05, 3.63) is 99.3 Å². The van der Waals surface area contributed by atoms with Gasteiger partial charge in [-0.3, -0.25) is 9.48 Å². The number of halogens is 1. The summed E-state index contributed by atoms with van der Waals surface area (Å²) in [5.41, 5.74) is 4.77. The summed E-state index contributed by atoms with van der Waals surface area (Å²) in [4.78, 5) is 13.1. The fourth-order valence-corrected chi connectivity index (χ4v) is 4.29. The first kappa shape index (κ1) is 25.3. The predicted octanol–water partition coefficient (Wildman–Crippen LogP) is 6.16. The third-order valence-electron chi connectivity index (χ3n) is 5.82. The number of carbonyl (C=O) groups is 1. The molecule has 3 aromatic carbocycles. The highest BCUT2D eigenvalue weighted by Crippen LogP contribution is 2.29. The maximum atomic E-state index is 13.1. The first-order valence-corrected chi connectivity index (χ1v) is 12.2. The SMILES string of the molecule is COc1ccc(Cn2nc(C)c(NC(=O)c3cccc(COc4ccccc4Br)c3)c2C)cc1OC. The average Bonchev–Trinajstić information content (AvgIpc) is 3.15. The Kier molecular flexibility index (Phi) is 7.95. The van der Waals surface area contributed by atoms with E-state index >= 15 is 0 Å². The monoisotopic (exact) mass is 549 g/mol. The molecule has 4 rings (SSSR count). The first-order valence-electron chi connectivity index (χ1n) is 11.4. The van der Waals surface area contributed by atoms with Crippen LogP contribution in [-0.4, -0.2) is 29.9 Å². The molecule has 0 saturated carbocycles. The van der Waals surface area contributed by atoms with Crippen LogP contribution in [0.25, 0.3) is 0 Å². The van der Waals surface area contributed by atoms with Gasteiger partial charge in [-0.1, -0.05) is 30.3 Å². The molecule has 1 heterocycles. The van der Waals surface area contributed by atoms with Crippen LogP contribution in [0.3, 0.4) is 0 Å². The Bertz CT molecular complexity index is 1380. The van der Waals surface area contributed by atoms with Crippen LogP contribution in [0.2, 0.25) is 0 Å². The van der Waals surface area contributed by atoms with E-state index < -0.39 is 0 Å². The second-order valence-corrected chi connectivity index (χ2v) is 9.12. The number of amides is 1. The number of methoxy groups -OCH3 is 2. The van der Waals surface area contributed by atoms with Crippen molar-refractivity contribution < 1.29 is 19.0 Å². The van der Waals surface area contributed by atoms with Gasteiger partial charge in [0.2, 0.25) is 0 Å². The van der Waals surface area contributed by atoms with Crippen molar-refractivity contribution in [3.63, 3.8) is 0 Å². The smallest absolute Gasteiger partial charge is 0.255 e. The molecule has 4 aromatic rings.